The summed E-state index contributed by atoms with van der Waals surface area (Å²) in [5, 5.41) is 11.1. The first-order valence-electron chi connectivity index (χ1n) is 10.7. The molecule has 4 heterocycles. The molecule has 31 heavy (non-hydrogen) atoms. The summed E-state index contributed by atoms with van der Waals surface area (Å²) in [5.74, 6) is 0. The maximum atomic E-state index is 13.2. The lowest BCUT2D eigenvalue weighted by molar-refractivity contribution is 0.111. The smallest absolute Gasteiger partial charge is 0.329 e. The molecule has 0 amide bonds. The number of rotatable bonds is 2. The van der Waals surface area contributed by atoms with Crippen LogP contribution in [0.1, 0.15) is 31.7 Å². The molecule has 0 aliphatic heterocycles. The highest BCUT2D eigenvalue weighted by atomic mass is 16.3. The van der Waals surface area contributed by atoms with E-state index in [1.54, 1.807) is 17.8 Å². The fraction of sp³-hybridized carbons (Fsp3) is 0.292. The third kappa shape index (κ3) is 2.73. The third-order valence-electron chi connectivity index (χ3n) is 6.66. The maximum Gasteiger partial charge on any atom is 0.329 e. The predicted molar refractivity (Wildman–Crippen MR) is 121 cm³/mol. The Balaban J connectivity index is 1.63. The number of benzene rings is 1. The molecule has 0 unspecified atom stereocenters. The number of aryl methyl sites for hydroxylation is 1. The number of aromatic nitrogens is 5. The molecular formula is C24H23N5O2. The van der Waals surface area contributed by atoms with Crippen molar-refractivity contribution in [1.82, 2.24) is 24.1 Å². The van der Waals surface area contributed by atoms with E-state index in [2.05, 4.69) is 22.1 Å². The summed E-state index contributed by atoms with van der Waals surface area (Å²) < 4.78 is 3.55. The van der Waals surface area contributed by atoms with Gasteiger partial charge in [0.2, 0.25) is 0 Å². The molecule has 1 fully saturated rings. The Kier molecular flexibility index (Phi) is 4.01. The molecular weight excluding hydrogens is 390 g/mol. The van der Waals surface area contributed by atoms with Crippen LogP contribution in [0.5, 0.6) is 0 Å². The van der Waals surface area contributed by atoms with Crippen LogP contribution in [0.15, 0.2) is 53.6 Å². The summed E-state index contributed by atoms with van der Waals surface area (Å²) >= 11 is 0. The average Bonchev–Trinajstić information content (AvgIpc) is 3.37. The van der Waals surface area contributed by atoms with E-state index in [4.69, 9.17) is 4.98 Å². The fourth-order valence-corrected chi connectivity index (χ4v) is 5.00. The number of pyridine rings is 2. The van der Waals surface area contributed by atoms with E-state index in [1.807, 2.05) is 35.0 Å². The van der Waals surface area contributed by atoms with Crippen LogP contribution in [-0.2, 0) is 7.05 Å². The zero-order valence-electron chi connectivity index (χ0n) is 17.2. The van der Waals surface area contributed by atoms with Gasteiger partial charge in [0, 0.05) is 35.8 Å². The number of hydrogen-bond acceptors (Lipinski definition) is 4. The Bertz CT molecular complexity index is 1500. The Morgan fingerprint density at radius 1 is 1.10 bits per heavy atom. The second-order valence-corrected chi connectivity index (χ2v) is 8.47. The minimum Gasteiger partial charge on any atom is -0.393 e. The minimum atomic E-state index is -0.271. The number of hydrogen-bond donors (Lipinski definition) is 2. The van der Waals surface area contributed by atoms with Gasteiger partial charge in [-0.3, -0.25) is 14.1 Å². The molecule has 1 saturated carbocycles. The number of aromatic amines is 1. The Morgan fingerprint density at radius 2 is 1.94 bits per heavy atom. The zero-order valence-corrected chi connectivity index (χ0v) is 17.2. The molecule has 1 aliphatic rings. The quantitative estimate of drug-likeness (QED) is 0.459. The molecule has 1 aromatic carbocycles. The van der Waals surface area contributed by atoms with Gasteiger partial charge >= 0.3 is 5.69 Å². The second kappa shape index (κ2) is 6.78. The summed E-state index contributed by atoms with van der Waals surface area (Å²) in [6, 6.07) is 12.2. The lowest BCUT2D eigenvalue weighted by atomic mass is 9.93. The molecule has 0 spiro atoms. The van der Waals surface area contributed by atoms with Crippen molar-refractivity contribution in [3.63, 3.8) is 0 Å². The number of H-pyrrole nitrogens is 1. The van der Waals surface area contributed by atoms with E-state index < -0.39 is 0 Å². The van der Waals surface area contributed by atoms with Crippen molar-refractivity contribution in [3.05, 3.63) is 59.3 Å². The van der Waals surface area contributed by atoms with Crippen LogP contribution in [0.2, 0.25) is 0 Å². The molecule has 0 atom stereocenters. The monoisotopic (exact) mass is 413 g/mol. The van der Waals surface area contributed by atoms with Gasteiger partial charge in [0.05, 0.1) is 34.5 Å². The van der Waals surface area contributed by atoms with E-state index in [0.717, 1.165) is 57.1 Å². The molecule has 4 aromatic heterocycles. The lowest BCUT2D eigenvalue weighted by Crippen LogP contribution is -2.29. The molecule has 7 nitrogen and oxygen atoms in total. The number of fused-ring (bicyclic) bond motifs is 4. The van der Waals surface area contributed by atoms with E-state index >= 15 is 0 Å². The van der Waals surface area contributed by atoms with Gasteiger partial charge in [-0.05, 0) is 49.9 Å². The van der Waals surface area contributed by atoms with Crippen LogP contribution in [0.4, 0.5) is 0 Å². The fourth-order valence-electron chi connectivity index (χ4n) is 5.00. The van der Waals surface area contributed by atoms with Gasteiger partial charge in [-0.1, -0.05) is 12.1 Å². The van der Waals surface area contributed by atoms with Crippen molar-refractivity contribution in [3.8, 4) is 11.3 Å². The molecule has 1 aliphatic carbocycles. The zero-order chi connectivity index (χ0) is 21.1. The first-order valence-corrected chi connectivity index (χ1v) is 10.7. The topological polar surface area (TPSA) is 88.7 Å². The van der Waals surface area contributed by atoms with Crippen molar-refractivity contribution in [2.24, 2.45) is 7.05 Å². The Morgan fingerprint density at radius 3 is 2.77 bits per heavy atom. The molecule has 6 rings (SSSR count). The molecule has 7 heteroatoms. The van der Waals surface area contributed by atoms with Crippen LogP contribution < -0.4 is 5.69 Å². The van der Waals surface area contributed by atoms with Crippen LogP contribution in [-0.4, -0.2) is 35.3 Å². The number of aliphatic hydroxyl groups excluding tert-OH is 1. The summed E-state index contributed by atoms with van der Waals surface area (Å²) in [4.78, 5) is 26.1. The molecule has 0 bridgehead atoms. The van der Waals surface area contributed by atoms with Crippen molar-refractivity contribution < 1.29 is 5.11 Å². The average molecular weight is 413 g/mol. The maximum absolute atomic E-state index is 13.2. The van der Waals surface area contributed by atoms with Crippen molar-refractivity contribution in [2.75, 3.05) is 0 Å². The summed E-state index contributed by atoms with van der Waals surface area (Å²) in [7, 11) is 1.79. The van der Waals surface area contributed by atoms with Gasteiger partial charge in [0.25, 0.3) is 0 Å². The predicted octanol–water partition coefficient (Wildman–Crippen LogP) is 3.91. The van der Waals surface area contributed by atoms with Gasteiger partial charge in [0.15, 0.2) is 0 Å². The minimum absolute atomic E-state index is 0.0503. The van der Waals surface area contributed by atoms with Gasteiger partial charge < -0.3 is 10.1 Å². The molecule has 0 saturated heterocycles. The summed E-state index contributed by atoms with van der Waals surface area (Å²) in [6.07, 6.45) is 6.42. The third-order valence-corrected chi connectivity index (χ3v) is 6.66. The van der Waals surface area contributed by atoms with Crippen molar-refractivity contribution in [2.45, 2.75) is 37.8 Å². The molecule has 2 N–H and O–H groups in total. The first-order chi connectivity index (χ1) is 15.1. The number of nitrogens with one attached hydrogen (secondary N) is 1. The van der Waals surface area contributed by atoms with Gasteiger partial charge in [-0.25, -0.2) is 9.78 Å². The Hall–Kier alpha value is -3.45. The molecule has 156 valence electrons. The van der Waals surface area contributed by atoms with Crippen LogP contribution >= 0.6 is 0 Å². The van der Waals surface area contributed by atoms with E-state index in [1.165, 1.54) is 0 Å². The first kappa shape index (κ1) is 18.3. The van der Waals surface area contributed by atoms with E-state index in [0.29, 0.717) is 12.8 Å². The van der Waals surface area contributed by atoms with Crippen molar-refractivity contribution >= 4 is 33.0 Å². The SMILES string of the molecule is Cn1c(=O)n([C@H]2CC[C@H](O)CC2)c2c3nc(-c4cccc5[nH]ccc45)ccc3ncc21. The van der Waals surface area contributed by atoms with E-state index in [-0.39, 0.29) is 17.8 Å². The summed E-state index contributed by atoms with van der Waals surface area (Å²) in [6.45, 7) is 0. The van der Waals surface area contributed by atoms with Crippen LogP contribution in [0.3, 0.4) is 0 Å². The highest BCUT2D eigenvalue weighted by Crippen LogP contribution is 2.34. The van der Waals surface area contributed by atoms with E-state index in [9.17, 15) is 9.90 Å². The molecule has 5 aromatic rings. The highest BCUT2D eigenvalue weighted by Gasteiger charge is 2.26. The van der Waals surface area contributed by atoms with Crippen LogP contribution in [0.25, 0.3) is 44.2 Å². The number of aliphatic hydroxyl groups is 1. The molecule has 0 radical (unpaired) electrons. The van der Waals surface area contributed by atoms with Gasteiger partial charge in [-0.15, -0.1) is 0 Å². The number of imidazole rings is 1. The summed E-state index contributed by atoms with van der Waals surface area (Å²) in [5.41, 5.74) is 6.05. The van der Waals surface area contributed by atoms with Crippen molar-refractivity contribution in [1.29, 1.82) is 0 Å². The highest BCUT2D eigenvalue weighted by molar-refractivity contribution is 6.02. The number of nitrogens with zero attached hydrogens (tertiary/aromatic N) is 4. The Labute approximate surface area is 178 Å². The van der Waals surface area contributed by atoms with Gasteiger partial charge in [0.1, 0.15) is 5.52 Å². The largest absolute Gasteiger partial charge is 0.393 e. The standard InChI is InChI=1S/C24H23N5O2/c1-28-21-13-26-20-10-9-19(16-3-2-4-18-17(16)11-12-25-18)27-22(20)23(21)29(24(28)31)14-5-7-15(30)8-6-14/h2-4,9-15,25,30H,5-8H2,1H3/t14-,15-. The second-order valence-electron chi connectivity index (χ2n) is 8.47. The van der Waals surface area contributed by atoms with Gasteiger partial charge in [-0.2, -0.15) is 0 Å². The lowest BCUT2D eigenvalue weighted by Gasteiger charge is -2.26. The normalized spacial score (nSPS) is 19.5. The van der Waals surface area contributed by atoms with Crippen LogP contribution in [0, 0.1) is 0 Å².